The Labute approximate surface area is 160 Å². The summed E-state index contributed by atoms with van der Waals surface area (Å²) in [6.45, 7) is 2.26. The minimum Gasteiger partial charge on any atom is -0.506 e. The highest BCUT2D eigenvalue weighted by Crippen LogP contribution is 2.44. The van der Waals surface area contributed by atoms with Crippen molar-refractivity contribution in [1.82, 2.24) is 5.32 Å². The number of aromatic hydroxyl groups is 1. The Balaban J connectivity index is 1.74. The van der Waals surface area contributed by atoms with Gasteiger partial charge in [-0.05, 0) is 58.8 Å². The van der Waals surface area contributed by atoms with Crippen molar-refractivity contribution in [2.24, 2.45) is 5.92 Å². The van der Waals surface area contributed by atoms with Crippen LogP contribution in [-0.4, -0.2) is 11.0 Å². The zero-order valence-electron chi connectivity index (χ0n) is 13.0. The second kappa shape index (κ2) is 6.04. The molecule has 0 fully saturated rings. The van der Waals surface area contributed by atoms with Crippen molar-refractivity contribution in [3.8, 4) is 5.75 Å². The van der Waals surface area contributed by atoms with E-state index in [4.69, 9.17) is 0 Å². The molecule has 0 unspecified atom stereocenters. The van der Waals surface area contributed by atoms with Crippen LogP contribution in [0.4, 0.5) is 5.00 Å². The Morgan fingerprint density at radius 1 is 1.29 bits per heavy atom. The summed E-state index contributed by atoms with van der Waals surface area (Å²) in [6.07, 6.45) is 2.69. The van der Waals surface area contributed by atoms with Crippen molar-refractivity contribution in [3.05, 3.63) is 42.6 Å². The molecule has 1 aromatic carbocycles. The Bertz CT molecular complexity index is 850. The van der Waals surface area contributed by atoms with Crippen LogP contribution in [0.15, 0.2) is 21.1 Å². The van der Waals surface area contributed by atoms with Gasteiger partial charge in [0.05, 0.1) is 10.0 Å². The van der Waals surface area contributed by atoms with E-state index in [1.54, 1.807) is 17.4 Å². The highest BCUT2D eigenvalue weighted by Gasteiger charge is 2.34. The van der Waals surface area contributed by atoms with E-state index in [1.165, 1.54) is 10.4 Å². The summed E-state index contributed by atoms with van der Waals surface area (Å²) < 4.78 is 1.43. The largest absolute Gasteiger partial charge is 0.506 e. The lowest BCUT2D eigenvalue weighted by Gasteiger charge is -2.27. The van der Waals surface area contributed by atoms with Gasteiger partial charge in [0.25, 0.3) is 5.91 Å². The first kappa shape index (κ1) is 16.4. The van der Waals surface area contributed by atoms with Crippen LogP contribution in [0.25, 0.3) is 0 Å². The summed E-state index contributed by atoms with van der Waals surface area (Å²) in [5, 5.41) is 17.6. The molecular weight excluding hydrogens is 456 g/mol. The maximum absolute atomic E-state index is 12.7. The molecule has 24 heavy (non-hydrogen) atoms. The molecule has 0 bridgehead atoms. The molecule has 0 spiro atoms. The Morgan fingerprint density at radius 2 is 2.08 bits per heavy atom. The molecule has 0 saturated carbocycles. The number of nitrogens with one attached hydrogen (secondary N) is 2. The van der Waals surface area contributed by atoms with E-state index in [0.717, 1.165) is 34.3 Å². The third-order valence-electron chi connectivity index (χ3n) is 4.66. The molecule has 2 aliphatic rings. The molecule has 2 aromatic rings. The number of rotatable bonds is 1. The molecule has 4 rings (SSSR count). The van der Waals surface area contributed by atoms with E-state index in [-0.39, 0.29) is 11.7 Å². The van der Waals surface area contributed by atoms with Crippen molar-refractivity contribution in [2.75, 3.05) is 5.32 Å². The number of carbonyl (C=O) groups is 1. The van der Waals surface area contributed by atoms with Crippen molar-refractivity contribution < 1.29 is 9.90 Å². The van der Waals surface area contributed by atoms with Crippen molar-refractivity contribution >= 4 is 54.1 Å². The van der Waals surface area contributed by atoms with Crippen molar-refractivity contribution in [2.45, 2.75) is 32.4 Å². The van der Waals surface area contributed by atoms with Gasteiger partial charge in [0.2, 0.25) is 0 Å². The molecule has 7 heteroatoms. The fourth-order valence-corrected chi connectivity index (χ4v) is 6.12. The van der Waals surface area contributed by atoms with Gasteiger partial charge in [0.15, 0.2) is 0 Å². The maximum atomic E-state index is 12.7. The summed E-state index contributed by atoms with van der Waals surface area (Å²) in [6, 6.07) is 3.60. The fraction of sp³-hybridized carbons (Fsp3) is 0.353. The molecule has 2 heterocycles. The first-order valence-electron chi connectivity index (χ1n) is 7.84. The zero-order valence-corrected chi connectivity index (χ0v) is 16.9. The van der Waals surface area contributed by atoms with Gasteiger partial charge in [0, 0.05) is 14.9 Å². The summed E-state index contributed by atoms with van der Waals surface area (Å²) in [5.74, 6) is 0.743. The van der Waals surface area contributed by atoms with Crippen LogP contribution in [0.2, 0.25) is 0 Å². The van der Waals surface area contributed by atoms with Crippen LogP contribution >= 0.6 is 43.2 Å². The van der Waals surface area contributed by atoms with E-state index in [0.29, 0.717) is 16.0 Å². The highest BCUT2D eigenvalue weighted by atomic mass is 79.9. The average molecular weight is 472 g/mol. The molecule has 2 atom stereocenters. The monoisotopic (exact) mass is 470 g/mol. The van der Waals surface area contributed by atoms with Gasteiger partial charge < -0.3 is 15.7 Å². The lowest BCUT2D eigenvalue weighted by Crippen LogP contribution is -2.38. The highest BCUT2D eigenvalue weighted by molar-refractivity contribution is 9.11. The Morgan fingerprint density at radius 3 is 2.88 bits per heavy atom. The van der Waals surface area contributed by atoms with Gasteiger partial charge in [-0.3, -0.25) is 4.79 Å². The number of phenols is 1. The van der Waals surface area contributed by atoms with Crippen molar-refractivity contribution in [1.29, 1.82) is 0 Å². The molecule has 1 aliphatic carbocycles. The van der Waals surface area contributed by atoms with Crippen LogP contribution in [0, 0.1) is 5.92 Å². The molecule has 126 valence electrons. The minimum atomic E-state index is -0.448. The minimum absolute atomic E-state index is 0.0590. The molecule has 0 radical (unpaired) electrons. The number of benzene rings is 1. The predicted octanol–water partition coefficient (Wildman–Crippen LogP) is 4.96. The summed E-state index contributed by atoms with van der Waals surface area (Å²) in [4.78, 5) is 14.0. The van der Waals surface area contributed by atoms with E-state index >= 15 is 0 Å². The molecule has 3 N–H and O–H groups in total. The van der Waals surface area contributed by atoms with Crippen LogP contribution in [0.1, 0.15) is 45.9 Å². The molecule has 1 aromatic heterocycles. The second-order valence-electron chi connectivity index (χ2n) is 6.43. The topological polar surface area (TPSA) is 61.4 Å². The quantitative estimate of drug-likeness (QED) is 0.550. The number of hydrogen-bond acceptors (Lipinski definition) is 4. The van der Waals surface area contributed by atoms with Gasteiger partial charge in [-0.25, -0.2) is 0 Å². The number of phenolic OH excluding ortho intramolecular Hbond substituents is 1. The lowest BCUT2D eigenvalue weighted by atomic mass is 9.88. The fourth-order valence-electron chi connectivity index (χ4n) is 3.42. The maximum Gasteiger partial charge on any atom is 0.256 e. The van der Waals surface area contributed by atoms with E-state index in [2.05, 4.69) is 49.4 Å². The number of anilines is 1. The van der Waals surface area contributed by atoms with Gasteiger partial charge >= 0.3 is 0 Å². The smallest absolute Gasteiger partial charge is 0.256 e. The van der Waals surface area contributed by atoms with E-state index < -0.39 is 6.17 Å². The Kier molecular flexibility index (Phi) is 4.13. The summed E-state index contributed by atoms with van der Waals surface area (Å²) in [5.41, 5.74) is 2.64. The summed E-state index contributed by atoms with van der Waals surface area (Å²) >= 11 is 8.46. The van der Waals surface area contributed by atoms with E-state index in [9.17, 15) is 9.90 Å². The third kappa shape index (κ3) is 2.66. The van der Waals surface area contributed by atoms with Crippen LogP contribution < -0.4 is 10.6 Å². The first-order valence-corrected chi connectivity index (χ1v) is 10.2. The van der Waals surface area contributed by atoms with Crippen LogP contribution in [0.3, 0.4) is 0 Å². The number of carbonyl (C=O) groups excluding carboxylic acids is 1. The predicted molar refractivity (Wildman–Crippen MR) is 103 cm³/mol. The standard InChI is InChI=1S/C17H16Br2N2O2S/c1-7-2-3-9-12(4-7)24-17-13(9)16(23)20-15(21-17)10-5-8(18)6-11(19)14(10)22/h5-7,15,21-22H,2-4H2,1H3,(H,20,23)/t7-,15-/m1/s1. The van der Waals surface area contributed by atoms with Crippen molar-refractivity contribution in [3.63, 3.8) is 0 Å². The third-order valence-corrected chi connectivity index (χ3v) is 6.91. The van der Waals surface area contributed by atoms with Gasteiger partial charge in [0.1, 0.15) is 16.9 Å². The summed E-state index contributed by atoms with van der Waals surface area (Å²) in [7, 11) is 0. The van der Waals surface area contributed by atoms with E-state index in [1.807, 2.05) is 6.07 Å². The molecule has 0 saturated heterocycles. The second-order valence-corrected chi connectivity index (χ2v) is 9.31. The number of fused-ring (bicyclic) bond motifs is 3. The molecule has 1 amide bonds. The SMILES string of the molecule is C[C@@H]1CCc2c(sc3c2C(=O)N[C@@H](c2cc(Br)cc(Br)c2O)N3)C1. The van der Waals surface area contributed by atoms with Gasteiger partial charge in [-0.15, -0.1) is 11.3 Å². The average Bonchev–Trinajstić information content (AvgIpc) is 2.88. The molecular formula is C17H16Br2N2O2S. The number of thiophene rings is 1. The number of amides is 1. The van der Waals surface area contributed by atoms with Gasteiger partial charge in [-0.2, -0.15) is 0 Å². The number of halogens is 2. The zero-order chi connectivity index (χ0) is 17.0. The van der Waals surface area contributed by atoms with Crippen LogP contribution in [-0.2, 0) is 12.8 Å². The molecule has 4 nitrogen and oxygen atoms in total. The lowest BCUT2D eigenvalue weighted by molar-refractivity contribution is 0.0935. The number of hydrogen-bond donors (Lipinski definition) is 3. The first-order chi connectivity index (χ1) is 11.4. The normalized spacial score (nSPS) is 22.4. The molecule has 1 aliphatic heterocycles. The van der Waals surface area contributed by atoms with Gasteiger partial charge in [-0.1, -0.05) is 22.9 Å². The van der Waals surface area contributed by atoms with Crippen LogP contribution in [0.5, 0.6) is 5.75 Å². The Hall–Kier alpha value is -1.05.